The Morgan fingerprint density at radius 3 is 2.22 bits per heavy atom. The predicted octanol–water partition coefficient (Wildman–Crippen LogP) is 1.89. The van der Waals surface area contributed by atoms with Gasteiger partial charge >= 0.3 is 12.1 Å². The molecule has 0 spiro atoms. The quantitative estimate of drug-likeness (QED) is 0.484. The lowest BCUT2D eigenvalue weighted by molar-refractivity contribution is 0.0311. The van der Waals surface area contributed by atoms with Gasteiger partial charge in [0.25, 0.3) is 5.91 Å². The van der Waals surface area contributed by atoms with Gasteiger partial charge in [0.2, 0.25) is 0 Å². The third kappa shape index (κ3) is 9.00. The smallest absolute Gasteiger partial charge is 0.325 e. The summed E-state index contributed by atoms with van der Waals surface area (Å²) in [5.41, 5.74) is 0.918. The van der Waals surface area contributed by atoms with E-state index in [1.165, 1.54) is 0 Å². The van der Waals surface area contributed by atoms with E-state index >= 15 is 0 Å². The summed E-state index contributed by atoms with van der Waals surface area (Å²) >= 11 is 0. The first kappa shape index (κ1) is 28.4. The van der Waals surface area contributed by atoms with Crippen LogP contribution in [0.4, 0.5) is 15.3 Å². The standard InChI is InChI=1S/C26H39N7O4/c1-21(2)7-10-33(25(35)28-9-8-27)24(34)22-3-5-23(6-4-22)29-26(36)32-15-13-30(14-16-32)11-12-31-17-19-37-20-18-31/h3-6,21H,7,9-20H2,1-2H3,(H,28,35)(H,29,36). The average molecular weight is 514 g/mol. The molecule has 0 radical (unpaired) electrons. The number of nitrogens with one attached hydrogen (secondary N) is 2. The number of piperazine rings is 1. The van der Waals surface area contributed by atoms with Crippen molar-refractivity contribution in [2.24, 2.45) is 5.92 Å². The summed E-state index contributed by atoms with van der Waals surface area (Å²) in [6, 6.07) is 7.62. The third-order valence-corrected chi connectivity index (χ3v) is 6.62. The summed E-state index contributed by atoms with van der Waals surface area (Å²) in [6.45, 7) is 12.7. The molecule has 1 aromatic rings. The maximum atomic E-state index is 13.0. The van der Waals surface area contributed by atoms with Crippen molar-refractivity contribution < 1.29 is 19.1 Å². The number of hydrogen-bond acceptors (Lipinski definition) is 7. The molecule has 0 saturated carbocycles. The molecule has 202 valence electrons. The van der Waals surface area contributed by atoms with Crippen LogP contribution in [0.1, 0.15) is 30.6 Å². The summed E-state index contributed by atoms with van der Waals surface area (Å²) in [6.07, 6.45) is 0.653. The van der Waals surface area contributed by atoms with Crippen LogP contribution in [-0.4, -0.2) is 116 Å². The van der Waals surface area contributed by atoms with Crippen molar-refractivity contribution in [3.8, 4) is 6.07 Å². The van der Waals surface area contributed by atoms with Crippen molar-refractivity contribution >= 4 is 23.7 Å². The van der Waals surface area contributed by atoms with Gasteiger partial charge in [-0.25, -0.2) is 9.59 Å². The SMILES string of the molecule is CC(C)CCN(C(=O)NCC#N)C(=O)c1ccc(NC(=O)N2CCN(CCN3CCOCC3)CC2)cc1. The molecule has 0 bridgehead atoms. The van der Waals surface area contributed by atoms with Crippen LogP contribution >= 0.6 is 0 Å². The lowest BCUT2D eigenvalue weighted by Gasteiger charge is -2.36. The Kier molecular flexibility index (Phi) is 11.1. The van der Waals surface area contributed by atoms with Crippen molar-refractivity contribution in [3.63, 3.8) is 0 Å². The monoisotopic (exact) mass is 513 g/mol. The Hall–Kier alpha value is -3.20. The predicted molar refractivity (Wildman–Crippen MR) is 140 cm³/mol. The van der Waals surface area contributed by atoms with Gasteiger partial charge in [0.05, 0.1) is 19.3 Å². The zero-order chi connectivity index (χ0) is 26.6. The molecular weight excluding hydrogens is 474 g/mol. The number of nitriles is 1. The minimum atomic E-state index is -0.589. The summed E-state index contributed by atoms with van der Waals surface area (Å²) in [5, 5.41) is 14.1. The van der Waals surface area contributed by atoms with Gasteiger partial charge in [-0.05, 0) is 36.6 Å². The second-order valence-electron chi connectivity index (χ2n) is 9.75. The lowest BCUT2D eigenvalue weighted by atomic mass is 10.1. The maximum absolute atomic E-state index is 13.0. The molecule has 2 N–H and O–H groups in total. The number of nitrogens with zero attached hydrogens (tertiary/aromatic N) is 5. The molecule has 11 heteroatoms. The molecule has 0 aromatic heterocycles. The van der Waals surface area contributed by atoms with Crippen molar-refractivity contribution in [2.75, 3.05) is 84.0 Å². The fourth-order valence-electron chi connectivity index (χ4n) is 4.23. The topological polar surface area (TPSA) is 121 Å². The number of hydrogen-bond donors (Lipinski definition) is 2. The van der Waals surface area contributed by atoms with Gasteiger partial charge in [-0.1, -0.05) is 13.8 Å². The Morgan fingerprint density at radius 1 is 1.00 bits per heavy atom. The highest BCUT2D eigenvalue weighted by Gasteiger charge is 2.24. The Balaban J connectivity index is 1.48. The highest BCUT2D eigenvalue weighted by molar-refractivity contribution is 6.04. The lowest BCUT2D eigenvalue weighted by Crippen LogP contribution is -2.51. The number of carbonyl (C=O) groups excluding carboxylic acids is 3. The van der Waals surface area contributed by atoms with Crippen molar-refractivity contribution in [1.82, 2.24) is 24.9 Å². The minimum Gasteiger partial charge on any atom is -0.379 e. The van der Waals surface area contributed by atoms with Gasteiger partial charge < -0.3 is 20.3 Å². The average Bonchev–Trinajstić information content (AvgIpc) is 2.91. The molecule has 1 aromatic carbocycles. The maximum Gasteiger partial charge on any atom is 0.325 e. The van der Waals surface area contributed by atoms with Crippen molar-refractivity contribution in [3.05, 3.63) is 29.8 Å². The summed E-state index contributed by atoms with van der Waals surface area (Å²) in [7, 11) is 0. The van der Waals surface area contributed by atoms with Crippen molar-refractivity contribution in [2.45, 2.75) is 20.3 Å². The van der Waals surface area contributed by atoms with E-state index in [9.17, 15) is 14.4 Å². The minimum absolute atomic E-state index is 0.165. The first-order chi connectivity index (χ1) is 17.9. The molecule has 2 aliphatic heterocycles. The zero-order valence-corrected chi connectivity index (χ0v) is 21.9. The van der Waals surface area contributed by atoms with E-state index in [4.69, 9.17) is 10.00 Å². The third-order valence-electron chi connectivity index (χ3n) is 6.62. The number of ether oxygens (including phenoxy) is 1. The molecule has 11 nitrogen and oxygen atoms in total. The number of imide groups is 1. The van der Waals surface area contributed by atoms with E-state index in [1.807, 2.05) is 19.9 Å². The van der Waals surface area contributed by atoms with Gasteiger partial charge in [-0.2, -0.15) is 5.26 Å². The second-order valence-corrected chi connectivity index (χ2v) is 9.75. The molecule has 3 rings (SSSR count). The summed E-state index contributed by atoms with van der Waals surface area (Å²) < 4.78 is 5.40. The fourth-order valence-corrected chi connectivity index (χ4v) is 4.23. The van der Waals surface area contributed by atoms with E-state index in [1.54, 1.807) is 29.2 Å². The molecule has 0 unspecified atom stereocenters. The van der Waals surface area contributed by atoms with Crippen LogP contribution < -0.4 is 10.6 Å². The van der Waals surface area contributed by atoms with Crippen molar-refractivity contribution in [1.29, 1.82) is 5.26 Å². The van der Waals surface area contributed by atoms with E-state index in [-0.39, 0.29) is 19.1 Å². The van der Waals surface area contributed by atoms with Crippen LogP contribution in [0.5, 0.6) is 0 Å². The first-order valence-corrected chi connectivity index (χ1v) is 13.0. The van der Waals surface area contributed by atoms with Gasteiger partial charge in [-0.15, -0.1) is 0 Å². The number of anilines is 1. The van der Waals surface area contributed by atoms with Crippen LogP contribution in [-0.2, 0) is 4.74 Å². The van der Waals surface area contributed by atoms with E-state index in [0.717, 1.165) is 57.4 Å². The number of carbonyl (C=O) groups is 3. The molecule has 0 aliphatic carbocycles. The van der Waals surface area contributed by atoms with Crippen LogP contribution in [0.25, 0.3) is 0 Å². The molecule has 5 amide bonds. The number of rotatable bonds is 9. The summed E-state index contributed by atoms with van der Waals surface area (Å²) in [5.74, 6) is -0.134. The van der Waals surface area contributed by atoms with Crippen LogP contribution in [0.2, 0.25) is 0 Å². The first-order valence-electron chi connectivity index (χ1n) is 13.0. The van der Waals surface area contributed by atoms with Gasteiger partial charge in [0.1, 0.15) is 6.54 Å². The molecule has 0 atom stereocenters. The Bertz CT molecular complexity index is 933. The molecule has 2 aliphatic rings. The van der Waals surface area contributed by atoms with E-state index in [0.29, 0.717) is 36.7 Å². The highest BCUT2D eigenvalue weighted by Crippen LogP contribution is 2.15. The van der Waals surface area contributed by atoms with Crippen LogP contribution in [0.3, 0.4) is 0 Å². The number of urea groups is 2. The fraction of sp³-hybridized carbons (Fsp3) is 0.615. The highest BCUT2D eigenvalue weighted by atomic mass is 16.5. The van der Waals surface area contributed by atoms with E-state index < -0.39 is 11.9 Å². The van der Waals surface area contributed by atoms with E-state index in [2.05, 4.69) is 20.4 Å². The number of benzene rings is 1. The summed E-state index contributed by atoms with van der Waals surface area (Å²) in [4.78, 5) is 45.9. The second kappa shape index (κ2) is 14.5. The molecule has 2 heterocycles. The van der Waals surface area contributed by atoms with Gasteiger partial charge in [0.15, 0.2) is 0 Å². The number of amides is 5. The number of morpholine rings is 1. The van der Waals surface area contributed by atoms with Gasteiger partial charge in [0, 0.05) is 70.2 Å². The molecular formula is C26H39N7O4. The molecule has 2 fully saturated rings. The van der Waals surface area contributed by atoms with Gasteiger partial charge in [-0.3, -0.25) is 19.5 Å². The zero-order valence-electron chi connectivity index (χ0n) is 21.9. The van der Waals surface area contributed by atoms with Crippen LogP contribution in [0, 0.1) is 17.2 Å². The molecule has 37 heavy (non-hydrogen) atoms. The Morgan fingerprint density at radius 2 is 1.62 bits per heavy atom. The van der Waals surface area contributed by atoms with Crippen LogP contribution in [0.15, 0.2) is 24.3 Å². The Labute approximate surface area is 219 Å². The normalized spacial score (nSPS) is 16.8. The largest absolute Gasteiger partial charge is 0.379 e. The molecule has 2 saturated heterocycles.